The Kier molecular flexibility index (Phi) is 21.7. The van der Waals surface area contributed by atoms with Crippen molar-refractivity contribution in [2.45, 2.75) is 260 Å². The number of unbranched alkanes of at least 4 members (excludes halogenated alkanes) is 2. The van der Waals surface area contributed by atoms with Crippen LogP contribution < -0.4 is 14.2 Å². The summed E-state index contributed by atoms with van der Waals surface area (Å²) in [6.07, 6.45) is 22.3. The Balaban J connectivity index is 0.000000257. The molecule has 0 bridgehead atoms. The van der Waals surface area contributed by atoms with Crippen molar-refractivity contribution in [3.63, 3.8) is 0 Å². The summed E-state index contributed by atoms with van der Waals surface area (Å²) in [5.74, 6) is 5.79. The number of aromatic nitrogens is 2. The lowest BCUT2D eigenvalue weighted by Gasteiger charge is -2.30. The number of rotatable bonds is 20. The molecule has 2 aliphatic carbocycles. The highest BCUT2D eigenvalue weighted by Crippen LogP contribution is 2.45. The van der Waals surface area contributed by atoms with Gasteiger partial charge in [0.1, 0.15) is 34.0 Å². The molecule has 9 rings (SSSR count). The number of oxazole rings is 2. The fourth-order valence-corrected chi connectivity index (χ4v) is 12.8. The molecular formula is C77H106N2O7. The van der Waals surface area contributed by atoms with E-state index in [1.54, 1.807) is 12.1 Å². The van der Waals surface area contributed by atoms with Crippen molar-refractivity contribution in [1.29, 1.82) is 0 Å². The normalized spacial score (nSPS) is 15.6. The lowest BCUT2D eigenvalue weighted by atomic mass is 9.75. The fourth-order valence-electron chi connectivity index (χ4n) is 12.8. The third-order valence-electron chi connectivity index (χ3n) is 18.3. The smallest absolute Gasteiger partial charge is 0.343 e. The first kappa shape index (κ1) is 65.9. The number of carbonyl (C=O) groups is 1. The Morgan fingerprint density at radius 2 is 0.930 bits per heavy atom. The van der Waals surface area contributed by atoms with Crippen LogP contribution in [0, 0.1) is 11.8 Å². The molecule has 0 aliphatic heterocycles. The van der Waals surface area contributed by atoms with Crippen LogP contribution in [0.3, 0.4) is 0 Å². The number of carbonyl (C=O) groups excluding carboxylic acids is 1. The zero-order valence-corrected chi connectivity index (χ0v) is 55.7. The van der Waals surface area contributed by atoms with Crippen molar-refractivity contribution >= 4 is 28.2 Å². The molecule has 0 amide bonds. The highest BCUT2D eigenvalue weighted by atomic mass is 16.5. The van der Waals surface area contributed by atoms with Gasteiger partial charge in [0.2, 0.25) is 11.8 Å². The molecule has 2 unspecified atom stereocenters. The van der Waals surface area contributed by atoms with E-state index in [9.17, 15) is 9.90 Å². The van der Waals surface area contributed by atoms with Crippen molar-refractivity contribution in [3.8, 4) is 45.9 Å². The zero-order chi connectivity index (χ0) is 62.1. The van der Waals surface area contributed by atoms with Crippen LogP contribution in [0.5, 0.6) is 23.0 Å². The van der Waals surface area contributed by atoms with Gasteiger partial charge < -0.3 is 28.2 Å². The lowest BCUT2D eigenvalue weighted by Crippen LogP contribution is -2.22. The van der Waals surface area contributed by atoms with Crippen LogP contribution in [0.4, 0.5) is 0 Å². The molecule has 0 radical (unpaired) electrons. The van der Waals surface area contributed by atoms with Gasteiger partial charge in [0.05, 0.1) is 18.8 Å². The Hall–Kier alpha value is -6.09. The van der Waals surface area contributed by atoms with Gasteiger partial charge in [-0.05, 0) is 167 Å². The topological polar surface area (TPSA) is 117 Å². The lowest BCUT2D eigenvalue weighted by molar-refractivity contribution is 0.0734. The van der Waals surface area contributed by atoms with E-state index in [1.165, 1.54) is 125 Å². The number of aromatic hydroxyl groups is 1. The molecule has 2 heterocycles. The number of nitrogens with zero attached hydrogens (tertiary/aromatic N) is 2. The highest BCUT2D eigenvalue weighted by molar-refractivity contribution is 5.92. The maximum Gasteiger partial charge on any atom is 0.343 e. The number of hydrogen-bond donors (Lipinski definition) is 1. The average molecular weight is 1170 g/mol. The standard InChI is InChI=1S/C48H64N2O4.C29H42O3/c1-5-9-17-33(7-3)31-51-43-29-45-41(27-39(43)35-19-13-11-14-20-35)49-47(53-45)37-23-25-38(26-24-37)48-50-42-28-40(36-21-15-12-16-22-36)44(30-46(42)54-48)52-32-34(8-4)18-10-6-2;1-26(2,3)20-14-13-19(17-21(20)27(4,5)6)32-25(31)18-15-22(28(7,8)9)24(30)23(16-18)29(10,11)12/h23-30,33-36H,5-22,31-32H2,1-4H3;13-17,30H,1-12H3. The van der Waals surface area contributed by atoms with Crippen LogP contribution in [-0.2, 0) is 21.7 Å². The Morgan fingerprint density at radius 3 is 1.30 bits per heavy atom. The minimum Gasteiger partial charge on any atom is -0.507 e. The number of phenols is 1. The second kappa shape index (κ2) is 28.4. The SMILES string of the molecule is CC(C)(C)c1ccc(OC(=O)c2cc(C(C)(C)C)c(O)c(C(C)(C)C)c2)cc1C(C)(C)C.CCCCC(CC)COc1cc2oc(-c3ccc(-c4nc5cc(C6CCCCC6)c(OCC(CC)CCCC)cc5o4)cc3)nc2cc1C1CCCCC1. The summed E-state index contributed by atoms with van der Waals surface area (Å²) in [5, 5.41) is 10.9. The molecule has 7 aromatic rings. The van der Waals surface area contributed by atoms with Crippen LogP contribution in [-0.4, -0.2) is 34.3 Å². The van der Waals surface area contributed by atoms with Gasteiger partial charge in [0.25, 0.3) is 0 Å². The van der Waals surface area contributed by atoms with Gasteiger partial charge in [-0.1, -0.05) is 194 Å². The predicted octanol–water partition coefficient (Wildman–Crippen LogP) is 22.4. The van der Waals surface area contributed by atoms with Crippen molar-refractivity contribution in [2.75, 3.05) is 13.2 Å². The molecule has 2 aromatic heterocycles. The number of esters is 1. The third kappa shape index (κ3) is 16.5. The van der Waals surface area contributed by atoms with Gasteiger partial charge >= 0.3 is 5.97 Å². The summed E-state index contributed by atoms with van der Waals surface area (Å²) in [4.78, 5) is 23.2. The molecule has 9 nitrogen and oxygen atoms in total. The monoisotopic (exact) mass is 1170 g/mol. The fraction of sp³-hybridized carbons (Fsp3) is 0.571. The van der Waals surface area contributed by atoms with E-state index in [2.05, 4.69) is 124 Å². The van der Waals surface area contributed by atoms with Gasteiger partial charge in [-0.3, -0.25) is 0 Å². The zero-order valence-electron chi connectivity index (χ0n) is 55.7. The maximum atomic E-state index is 13.2. The minimum absolute atomic E-state index is 0.00860. The third-order valence-corrected chi connectivity index (χ3v) is 18.3. The highest BCUT2D eigenvalue weighted by Gasteiger charge is 2.31. The van der Waals surface area contributed by atoms with Gasteiger partial charge in [0.15, 0.2) is 11.2 Å². The Bertz CT molecular complexity index is 3160. The molecule has 2 saturated carbocycles. The first-order valence-corrected chi connectivity index (χ1v) is 33.3. The van der Waals surface area contributed by atoms with Gasteiger partial charge in [-0.2, -0.15) is 0 Å². The number of hydrogen-bond acceptors (Lipinski definition) is 9. The Labute approximate surface area is 517 Å². The van der Waals surface area contributed by atoms with Crippen LogP contribution in [0.15, 0.2) is 87.7 Å². The van der Waals surface area contributed by atoms with Crippen molar-refractivity contribution in [2.24, 2.45) is 11.8 Å². The van der Waals surface area contributed by atoms with Gasteiger partial charge in [-0.15, -0.1) is 0 Å². The van der Waals surface area contributed by atoms with Crippen molar-refractivity contribution < 1.29 is 32.9 Å². The largest absolute Gasteiger partial charge is 0.507 e. The molecule has 86 heavy (non-hydrogen) atoms. The van der Waals surface area contributed by atoms with E-state index in [0.717, 1.165) is 82.0 Å². The van der Waals surface area contributed by atoms with Gasteiger partial charge in [-0.25, -0.2) is 14.8 Å². The molecule has 2 atom stereocenters. The number of ether oxygens (including phenoxy) is 3. The van der Waals surface area contributed by atoms with Gasteiger partial charge in [0, 0.05) is 34.4 Å². The van der Waals surface area contributed by atoms with Crippen LogP contribution in [0.2, 0.25) is 0 Å². The molecular weight excluding hydrogens is 1060 g/mol. The van der Waals surface area contributed by atoms with E-state index in [-0.39, 0.29) is 27.4 Å². The number of benzene rings is 5. The van der Waals surface area contributed by atoms with E-state index in [1.807, 2.05) is 53.7 Å². The average Bonchev–Trinajstić information content (AvgIpc) is 1.81. The molecule has 9 heteroatoms. The molecule has 2 aliphatic rings. The quantitative estimate of drug-likeness (QED) is 0.0588. The molecule has 466 valence electrons. The molecule has 2 fully saturated rings. The summed E-state index contributed by atoms with van der Waals surface area (Å²) in [6.45, 7) is 35.9. The first-order valence-electron chi connectivity index (χ1n) is 33.3. The van der Waals surface area contributed by atoms with E-state index >= 15 is 0 Å². The van der Waals surface area contributed by atoms with Crippen LogP contribution in [0.25, 0.3) is 45.1 Å². The summed E-state index contributed by atoms with van der Waals surface area (Å²) in [5.41, 5.74) is 11.5. The van der Waals surface area contributed by atoms with Crippen molar-refractivity contribution in [3.05, 3.63) is 118 Å². The molecule has 1 N–H and O–H groups in total. The van der Waals surface area contributed by atoms with E-state index in [0.29, 0.717) is 46.8 Å². The summed E-state index contributed by atoms with van der Waals surface area (Å²) in [6, 6.07) is 26.5. The van der Waals surface area contributed by atoms with Crippen LogP contribution >= 0.6 is 0 Å². The minimum atomic E-state index is -0.413. The second-order valence-corrected chi connectivity index (χ2v) is 29.5. The molecule has 5 aromatic carbocycles. The number of fused-ring (bicyclic) bond motifs is 2. The molecule has 0 spiro atoms. The summed E-state index contributed by atoms with van der Waals surface area (Å²) in [7, 11) is 0. The first-order chi connectivity index (χ1) is 40.8. The summed E-state index contributed by atoms with van der Waals surface area (Å²) >= 11 is 0. The van der Waals surface area contributed by atoms with E-state index in [4.69, 9.17) is 33.0 Å². The van der Waals surface area contributed by atoms with E-state index < -0.39 is 5.97 Å². The predicted molar refractivity (Wildman–Crippen MR) is 356 cm³/mol. The number of phenolic OH excluding ortho intramolecular Hbond substituents is 1. The second-order valence-electron chi connectivity index (χ2n) is 29.5. The maximum absolute atomic E-state index is 13.2. The molecule has 0 saturated heterocycles. The van der Waals surface area contributed by atoms with Crippen molar-refractivity contribution in [1.82, 2.24) is 9.97 Å². The Morgan fingerprint density at radius 1 is 0.523 bits per heavy atom. The van der Waals surface area contributed by atoms with Crippen LogP contribution in [0.1, 0.15) is 282 Å². The summed E-state index contributed by atoms with van der Waals surface area (Å²) < 4.78 is 32.0.